The van der Waals surface area contributed by atoms with Crippen molar-refractivity contribution in [2.24, 2.45) is 0 Å². The number of rotatable bonds is 3. The molecule has 0 saturated carbocycles. The van der Waals surface area contributed by atoms with Crippen molar-refractivity contribution >= 4 is 17.7 Å². The molecule has 0 unspecified atom stereocenters. The fraction of sp³-hybridized carbons (Fsp3) is 0.588. The third-order valence-corrected chi connectivity index (χ3v) is 6.03. The molecule has 1 amide bonds. The third-order valence-electron chi connectivity index (χ3n) is 4.88. The first-order chi connectivity index (χ1) is 10.6. The Labute approximate surface area is 135 Å². The zero-order valence-electron chi connectivity index (χ0n) is 13.2. The summed E-state index contributed by atoms with van der Waals surface area (Å²) in [6.45, 7) is 3.19. The van der Waals surface area contributed by atoms with E-state index < -0.39 is 0 Å². The molecular formula is C17H23FN2OS. The fourth-order valence-electron chi connectivity index (χ4n) is 3.43. The van der Waals surface area contributed by atoms with Crippen LogP contribution < -0.4 is 0 Å². The van der Waals surface area contributed by atoms with Crippen LogP contribution in [0.3, 0.4) is 0 Å². The standard InChI is InChI=1S/C17H23FN2OS/c1-12-16-9-14(18)4-3-13(16)5-7-20(12)17(21)10-19(2)15-6-8-22-11-15/h3-4,9,12,15H,5-8,10-11H2,1-2H3/t12-,15-/m0/s1. The van der Waals surface area contributed by atoms with Crippen molar-refractivity contribution in [3.8, 4) is 0 Å². The van der Waals surface area contributed by atoms with Crippen molar-refractivity contribution < 1.29 is 9.18 Å². The first-order valence-electron chi connectivity index (χ1n) is 7.92. The van der Waals surface area contributed by atoms with Gasteiger partial charge in [-0.05, 0) is 55.8 Å². The van der Waals surface area contributed by atoms with Gasteiger partial charge in [0.1, 0.15) is 5.82 Å². The number of likely N-dealkylation sites (N-methyl/N-ethyl adjacent to an activating group) is 1. The molecule has 0 aromatic heterocycles. The Balaban J connectivity index is 1.68. The maximum Gasteiger partial charge on any atom is 0.237 e. The molecule has 3 rings (SSSR count). The second-order valence-corrected chi connectivity index (χ2v) is 7.44. The van der Waals surface area contributed by atoms with Crippen molar-refractivity contribution in [3.05, 3.63) is 35.1 Å². The van der Waals surface area contributed by atoms with Crippen LogP contribution in [0.1, 0.15) is 30.5 Å². The number of carbonyl (C=O) groups is 1. The summed E-state index contributed by atoms with van der Waals surface area (Å²) in [5.74, 6) is 2.24. The average Bonchev–Trinajstić information content (AvgIpc) is 3.02. The fourth-order valence-corrected chi connectivity index (χ4v) is 4.73. The largest absolute Gasteiger partial charge is 0.334 e. The third kappa shape index (κ3) is 3.15. The van der Waals surface area contributed by atoms with Crippen molar-refractivity contribution in [1.29, 1.82) is 0 Å². The van der Waals surface area contributed by atoms with Gasteiger partial charge in [0, 0.05) is 18.3 Å². The number of nitrogens with zero attached hydrogens (tertiary/aromatic N) is 2. The van der Waals surface area contributed by atoms with Gasteiger partial charge in [-0.25, -0.2) is 4.39 Å². The van der Waals surface area contributed by atoms with Gasteiger partial charge in [-0.15, -0.1) is 0 Å². The number of halogens is 1. The van der Waals surface area contributed by atoms with Gasteiger partial charge in [-0.1, -0.05) is 6.07 Å². The zero-order chi connectivity index (χ0) is 15.7. The van der Waals surface area contributed by atoms with E-state index >= 15 is 0 Å². The maximum atomic E-state index is 13.5. The van der Waals surface area contributed by atoms with Gasteiger partial charge in [-0.2, -0.15) is 11.8 Å². The molecule has 22 heavy (non-hydrogen) atoms. The molecule has 0 radical (unpaired) electrons. The van der Waals surface area contributed by atoms with E-state index in [1.165, 1.54) is 17.4 Å². The molecule has 0 bridgehead atoms. The number of carbonyl (C=O) groups excluding carboxylic acids is 1. The van der Waals surface area contributed by atoms with Crippen molar-refractivity contribution in [3.63, 3.8) is 0 Å². The maximum absolute atomic E-state index is 13.5. The SMILES string of the molecule is C[C@H]1c2cc(F)ccc2CCN1C(=O)CN(C)[C@H]1CCSC1. The lowest BCUT2D eigenvalue weighted by Crippen LogP contribution is -2.46. The van der Waals surface area contributed by atoms with E-state index in [-0.39, 0.29) is 17.8 Å². The highest BCUT2D eigenvalue weighted by molar-refractivity contribution is 7.99. The molecule has 2 atom stereocenters. The van der Waals surface area contributed by atoms with Crippen LogP contribution in [-0.2, 0) is 11.2 Å². The number of amides is 1. The normalized spacial score (nSPS) is 24.6. The Bertz CT molecular complexity index is 560. The number of thioether (sulfide) groups is 1. The van der Waals surface area contributed by atoms with E-state index in [0.717, 1.165) is 30.7 Å². The summed E-state index contributed by atoms with van der Waals surface area (Å²) in [4.78, 5) is 16.7. The van der Waals surface area contributed by atoms with Crippen LogP contribution in [0, 0.1) is 5.82 Å². The quantitative estimate of drug-likeness (QED) is 0.855. The lowest BCUT2D eigenvalue weighted by Gasteiger charge is -2.37. The Kier molecular flexibility index (Phi) is 4.73. The summed E-state index contributed by atoms with van der Waals surface area (Å²) in [6, 6.07) is 5.41. The van der Waals surface area contributed by atoms with Crippen LogP contribution in [0.15, 0.2) is 18.2 Å². The van der Waals surface area contributed by atoms with E-state index in [9.17, 15) is 9.18 Å². The van der Waals surface area contributed by atoms with E-state index in [1.54, 1.807) is 6.07 Å². The molecule has 0 N–H and O–H groups in total. The highest BCUT2D eigenvalue weighted by Gasteiger charge is 2.30. The van der Waals surface area contributed by atoms with Gasteiger partial charge in [0.05, 0.1) is 12.6 Å². The summed E-state index contributed by atoms with van der Waals surface area (Å²) in [6.07, 6.45) is 1.98. The second kappa shape index (κ2) is 6.59. The molecule has 2 heterocycles. The van der Waals surface area contributed by atoms with Crippen molar-refractivity contribution in [1.82, 2.24) is 9.80 Å². The molecule has 5 heteroatoms. The van der Waals surface area contributed by atoms with Gasteiger partial charge < -0.3 is 4.90 Å². The molecule has 2 aliphatic rings. The number of benzene rings is 1. The molecule has 1 aromatic rings. The Morgan fingerprint density at radius 2 is 2.32 bits per heavy atom. The summed E-state index contributed by atoms with van der Waals surface area (Å²) >= 11 is 1.96. The predicted octanol–water partition coefficient (Wildman–Crippen LogP) is 2.71. The first kappa shape index (κ1) is 15.8. The van der Waals surface area contributed by atoms with Crippen LogP contribution in [0.25, 0.3) is 0 Å². The molecule has 3 nitrogen and oxygen atoms in total. The van der Waals surface area contributed by atoms with Gasteiger partial charge >= 0.3 is 0 Å². The summed E-state index contributed by atoms with van der Waals surface area (Å²) in [5.41, 5.74) is 2.12. The smallest absolute Gasteiger partial charge is 0.237 e. The molecule has 2 aliphatic heterocycles. The zero-order valence-corrected chi connectivity index (χ0v) is 14.0. The van der Waals surface area contributed by atoms with Crippen LogP contribution in [0.2, 0.25) is 0 Å². The highest BCUT2D eigenvalue weighted by atomic mass is 32.2. The summed E-state index contributed by atoms with van der Waals surface area (Å²) in [5, 5.41) is 0. The molecule has 1 aromatic carbocycles. The topological polar surface area (TPSA) is 23.6 Å². The molecule has 0 spiro atoms. The van der Waals surface area contributed by atoms with Crippen LogP contribution >= 0.6 is 11.8 Å². The number of hydrogen-bond acceptors (Lipinski definition) is 3. The van der Waals surface area contributed by atoms with Gasteiger partial charge in [0.15, 0.2) is 0 Å². The molecule has 1 saturated heterocycles. The van der Waals surface area contributed by atoms with E-state index in [0.29, 0.717) is 12.6 Å². The van der Waals surface area contributed by atoms with Crippen LogP contribution in [0.5, 0.6) is 0 Å². The van der Waals surface area contributed by atoms with Crippen molar-refractivity contribution in [2.75, 3.05) is 31.6 Å². The molecule has 0 aliphatic carbocycles. The van der Waals surface area contributed by atoms with Gasteiger partial charge in [-0.3, -0.25) is 9.69 Å². The first-order valence-corrected chi connectivity index (χ1v) is 9.07. The van der Waals surface area contributed by atoms with Gasteiger partial charge in [0.2, 0.25) is 5.91 Å². The minimum atomic E-state index is -0.222. The van der Waals surface area contributed by atoms with E-state index in [4.69, 9.17) is 0 Å². The average molecular weight is 322 g/mol. The predicted molar refractivity (Wildman–Crippen MR) is 88.6 cm³/mol. The lowest BCUT2D eigenvalue weighted by molar-refractivity contribution is -0.135. The Hall–Kier alpha value is -1.07. The Morgan fingerprint density at radius 1 is 1.50 bits per heavy atom. The summed E-state index contributed by atoms with van der Waals surface area (Å²) < 4.78 is 13.5. The van der Waals surface area contributed by atoms with Crippen LogP contribution in [-0.4, -0.2) is 53.4 Å². The molecule has 1 fully saturated rings. The monoisotopic (exact) mass is 322 g/mol. The van der Waals surface area contributed by atoms with Gasteiger partial charge in [0.25, 0.3) is 0 Å². The highest BCUT2D eigenvalue weighted by Crippen LogP contribution is 2.30. The molecular weight excluding hydrogens is 299 g/mol. The number of hydrogen-bond donors (Lipinski definition) is 0. The molecule has 120 valence electrons. The Morgan fingerprint density at radius 3 is 3.05 bits per heavy atom. The minimum Gasteiger partial charge on any atom is -0.334 e. The summed E-state index contributed by atoms with van der Waals surface area (Å²) in [7, 11) is 2.04. The van der Waals surface area contributed by atoms with Crippen molar-refractivity contribution in [2.45, 2.75) is 31.8 Å². The van der Waals surface area contributed by atoms with E-state index in [2.05, 4.69) is 4.90 Å². The lowest BCUT2D eigenvalue weighted by atomic mass is 9.93. The van der Waals surface area contributed by atoms with E-state index in [1.807, 2.05) is 36.7 Å². The van der Waals surface area contributed by atoms with Crippen LogP contribution in [0.4, 0.5) is 4.39 Å². The minimum absolute atomic E-state index is 0.0432. The number of fused-ring (bicyclic) bond motifs is 1. The second-order valence-electron chi connectivity index (χ2n) is 6.29.